The topological polar surface area (TPSA) is 118 Å². The number of ether oxygens (including phenoxy) is 2. The third-order valence-corrected chi connectivity index (χ3v) is 6.48. The summed E-state index contributed by atoms with van der Waals surface area (Å²) in [6.45, 7) is 4.61. The van der Waals surface area contributed by atoms with Crippen molar-refractivity contribution >= 4 is 28.7 Å². The predicted octanol–water partition coefficient (Wildman–Crippen LogP) is 1.61. The Hall–Kier alpha value is -3.42. The molecule has 0 bridgehead atoms. The predicted molar refractivity (Wildman–Crippen MR) is 131 cm³/mol. The molecule has 2 fully saturated rings. The zero-order valence-corrected chi connectivity index (χ0v) is 20.4. The molecule has 0 radical (unpaired) electrons. The van der Waals surface area contributed by atoms with Crippen LogP contribution in [0.5, 0.6) is 0 Å². The molecule has 1 aromatic carbocycles. The number of anilines is 2. The number of carbonyl (C=O) groups excluding carboxylic acids is 1. The van der Waals surface area contributed by atoms with Crippen molar-refractivity contribution in [1.29, 1.82) is 0 Å². The van der Waals surface area contributed by atoms with Crippen LogP contribution in [-0.4, -0.2) is 100 Å². The Labute approximate surface area is 212 Å². The summed E-state index contributed by atoms with van der Waals surface area (Å²) in [6, 6.07) is 7.33. The molecule has 198 valence electrons. The molecule has 2 saturated heterocycles. The van der Waals surface area contributed by atoms with E-state index in [0.29, 0.717) is 56.3 Å². The van der Waals surface area contributed by atoms with Gasteiger partial charge in [-0.25, -0.2) is 13.8 Å². The van der Waals surface area contributed by atoms with Crippen molar-refractivity contribution in [3.8, 4) is 5.82 Å². The highest BCUT2D eigenvalue weighted by Crippen LogP contribution is 2.29. The summed E-state index contributed by atoms with van der Waals surface area (Å²) in [7, 11) is 0. The number of amides is 1. The van der Waals surface area contributed by atoms with Crippen LogP contribution in [0.25, 0.3) is 16.9 Å². The van der Waals surface area contributed by atoms with E-state index in [-0.39, 0.29) is 30.9 Å². The lowest BCUT2D eigenvalue weighted by atomic mass is 10.2. The van der Waals surface area contributed by atoms with Gasteiger partial charge in [0.1, 0.15) is 17.7 Å². The van der Waals surface area contributed by atoms with E-state index in [0.717, 1.165) is 0 Å². The standard InChI is InChI=1S/C24H29F2N7O4/c1-15(23(35)32-8-11-37-14-16(32)13-34)27-24-29-19(31-6-9-36-10-7-31)12-20(30-24)33-18-5-3-2-4-17(18)28-22(33)21(25)26/h2-5,12,15-16,21,34H,6-11,13-14H2,1H3,(H,27,29,30)/t15-,16+/m0/s1. The summed E-state index contributed by atoms with van der Waals surface area (Å²) in [5.74, 6) is 0.176. The quantitative estimate of drug-likeness (QED) is 0.482. The number of aromatic nitrogens is 4. The summed E-state index contributed by atoms with van der Waals surface area (Å²) in [6.07, 6.45) is -2.83. The molecule has 2 aliphatic heterocycles. The molecule has 3 aromatic rings. The van der Waals surface area contributed by atoms with Gasteiger partial charge < -0.3 is 29.7 Å². The number of rotatable bonds is 7. The maximum Gasteiger partial charge on any atom is 0.296 e. The second kappa shape index (κ2) is 10.9. The van der Waals surface area contributed by atoms with Crippen LogP contribution in [-0.2, 0) is 14.3 Å². The van der Waals surface area contributed by atoms with Crippen molar-refractivity contribution in [3.63, 3.8) is 0 Å². The Morgan fingerprint density at radius 1 is 1.11 bits per heavy atom. The number of halogens is 2. The molecule has 1 amide bonds. The second-order valence-corrected chi connectivity index (χ2v) is 8.91. The Kier molecular flexibility index (Phi) is 7.44. The van der Waals surface area contributed by atoms with Gasteiger partial charge in [-0.2, -0.15) is 9.97 Å². The average molecular weight is 518 g/mol. The number of alkyl halides is 2. The number of para-hydroxylation sites is 2. The van der Waals surface area contributed by atoms with Crippen molar-refractivity contribution in [2.24, 2.45) is 0 Å². The first kappa shape index (κ1) is 25.2. The van der Waals surface area contributed by atoms with E-state index in [9.17, 15) is 18.7 Å². The van der Waals surface area contributed by atoms with Crippen molar-refractivity contribution < 1.29 is 28.2 Å². The van der Waals surface area contributed by atoms with Crippen LogP contribution in [0.2, 0.25) is 0 Å². The molecule has 0 unspecified atom stereocenters. The van der Waals surface area contributed by atoms with Crippen LogP contribution in [0, 0.1) is 0 Å². The van der Waals surface area contributed by atoms with Gasteiger partial charge in [0.05, 0.1) is 50.1 Å². The molecule has 0 aliphatic carbocycles. The molecule has 0 spiro atoms. The SMILES string of the molecule is C[C@H](Nc1nc(N2CCOCC2)cc(-n2c(C(F)F)nc3ccccc32)n1)C(=O)N1CCOC[C@H]1CO. The molecule has 4 heterocycles. The largest absolute Gasteiger partial charge is 0.394 e. The number of aliphatic hydroxyl groups excluding tert-OH is 1. The maximum absolute atomic E-state index is 14.0. The van der Waals surface area contributed by atoms with Crippen LogP contribution >= 0.6 is 0 Å². The number of morpholine rings is 2. The minimum atomic E-state index is -2.83. The van der Waals surface area contributed by atoms with Crippen LogP contribution < -0.4 is 10.2 Å². The van der Waals surface area contributed by atoms with Crippen LogP contribution in [0.3, 0.4) is 0 Å². The van der Waals surface area contributed by atoms with Gasteiger partial charge in [-0.3, -0.25) is 9.36 Å². The summed E-state index contributed by atoms with van der Waals surface area (Å²) in [5.41, 5.74) is 0.906. The van der Waals surface area contributed by atoms with Gasteiger partial charge in [-0.1, -0.05) is 12.1 Å². The lowest BCUT2D eigenvalue weighted by molar-refractivity contribution is -0.142. The maximum atomic E-state index is 14.0. The van der Waals surface area contributed by atoms with Crippen molar-refractivity contribution in [2.45, 2.75) is 25.4 Å². The highest BCUT2D eigenvalue weighted by molar-refractivity contribution is 5.84. The van der Waals surface area contributed by atoms with Crippen LogP contribution in [0.15, 0.2) is 30.3 Å². The van der Waals surface area contributed by atoms with E-state index >= 15 is 0 Å². The average Bonchev–Trinajstić information content (AvgIpc) is 3.33. The molecule has 2 atom stereocenters. The van der Waals surface area contributed by atoms with E-state index in [1.54, 1.807) is 42.2 Å². The molecular formula is C24H29F2N7O4. The Morgan fingerprint density at radius 3 is 2.59 bits per heavy atom. The minimum Gasteiger partial charge on any atom is -0.394 e. The zero-order chi connectivity index (χ0) is 25.9. The highest BCUT2D eigenvalue weighted by Gasteiger charge is 2.31. The number of fused-ring (bicyclic) bond motifs is 1. The number of imidazole rings is 1. The van der Waals surface area contributed by atoms with Gasteiger partial charge in [0.25, 0.3) is 6.43 Å². The third kappa shape index (κ3) is 5.20. The number of benzene rings is 1. The molecule has 2 aliphatic rings. The van der Waals surface area contributed by atoms with Crippen LogP contribution in [0.1, 0.15) is 19.2 Å². The van der Waals surface area contributed by atoms with E-state index in [2.05, 4.69) is 20.3 Å². The molecule has 13 heteroatoms. The van der Waals surface area contributed by atoms with E-state index in [4.69, 9.17) is 9.47 Å². The second-order valence-electron chi connectivity index (χ2n) is 8.91. The lowest BCUT2D eigenvalue weighted by Gasteiger charge is -2.36. The highest BCUT2D eigenvalue weighted by atomic mass is 19.3. The first-order chi connectivity index (χ1) is 18.0. The lowest BCUT2D eigenvalue weighted by Crippen LogP contribution is -2.54. The van der Waals surface area contributed by atoms with E-state index in [1.165, 1.54) is 4.57 Å². The van der Waals surface area contributed by atoms with E-state index < -0.39 is 24.3 Å². The van der Waals surface area contributed by atoms with Crippen LogP contribution in [0.4, 0.5) is 20.5 Å². The number of hydrogen-bond donors (Lipinski definition) is 2. The number of carbonyl (C=O) groups is 1. The third-order valence-electron chi connectivity index (χ3n) is 6.48. The van der Waals surface area contributed by atoms with Gasteiger partial charge in [-0.15, -0.1) is 0 Å². The van der Waals surface area contributed by atoms with Crippen molar-refractivity contribution in [3.05, 3.63) is 36.2 Å². The first-order valence-corrected chi connectivity index (χ1v) is 12.2. The monoisotopic (exact) mass is 517 g/mol. The molecule has 5 rings (SSSR count). The van der Waals surface area contributed by atoms with Gasteiger partial charge >= 0.3 is 0 Å². The van der Waals surface area contributed by atoms with Gasteiger partial charge in [0.15, 0.2) is 5.82 Å². The molecule has 2 N–H and O–H groups in total. The van der Waals surface area contributed by atoms with Crippen molar-refractivity contribution in [2.75, 3.05) is 62.9 Å². The fourth-order valence-corrected chi connectivity index (χ4v) is 4.59. The fraction of sp³-hybridized carbons (Fsp3) is 0.500. The summed E-state index contributed by atoms with van der Waals surface area (Å²) in [4.78, 5) is 30.0. The number of nitrogens with zero attached hydrogens (tertiary/aromatic N) is 6. The number of aliphatic hydroxyl groups is 1. The Balaban J connectivity index is 1.53. The molecule has 2 aromatic heterocycles. The normalized spacial score (nSPS) is 19.4. The number of hydrogen-bond acceptors (Lipinski definition) is 9. The van der Waals surface area contributed by atoms with Crippen molar-refractivity contribution in [1.82, 2.24) is 24.4 Å². The summed E-state index contributed by atoms with van der Waals surface area (Å²) >= 11 is 0. The van der Waals surface area contributed by atoms with Gasteiger partial charge in [0.2, 0.25) is 11.9 Å². The smallest absolute Gasteiger partial charge is 0.296 e. The first-order valence-electron chi connectivity index (χ1n) is 12.2. The molecule has 11 nitrogen and oxygen atoms in total. The molecule has 0 saturated carbocycles. The minimum absolute atomic E-state index is 0.117. The molecule has 37 heavy (non-hydrogen) atoms. The fourth-order valence-electron chi connectivity index (χ4n) is 4.59. The summed E-state index contributed by atoms with van der Waals surface area (Å²) in [5, 5.41) is 12.7. The Bertz CT molecular complexity index is 1250. The van der Waals surface area contributed by atoms with Gasteiger partial charge in [0, 0.05) is 25.7 Å². The zero-order valence-electron chi connectivity index (χ0n) is 20.4. The van der Waals surface area contributed by atoms with Gasteiger partial charge in [-0.05, 0) is 19.1 Å². The number of nitrogens with one attached hydrogen (secondary N) is 1. The Morgan fingerprint density at radius 2 is 1.84 bits per heavy atom. The van der Waals surface area contributed by atoms with E-state index in [1.807, 2.05) is 4.90 Å². The summed E-state index contributed by atoms with van der Waals surface area (Å²) < 4.78 is 40.2. The molecular weight excluding hydrogens is 488 g/mol.